The zero-order valence-electron chi connectivity index (χ0n) is 18.4. The number of nitrogens with one attached hydrogen (secondary N) is 1. The van der Waals surface area contributed by atoms with E-state index in [-0.39, 0.29) is 11.6 Å². The van der Waals surface area contributed by atoms with Crippen LogP contribution in [0, 0.1) is 11.6 Å². The average Bonchev–Trinajstić information content (AvgIpc) is 3.32. The van der Waals surface area contributed by atoms with E-state index < -0.39 is 6.03 Å². The van der Waals surface area contributed by atoms with Gasteiger partial charge in [-0.2, -0.15) is 9.78 Å². The van der Waals surface area contributed by atoms with E-state index in [1.165, 1.54) is 28.9 Å². The molecule has 0 spiro atoms. The number of aromatic nitrogens is 2. The lowest BCUT2D eigenvalue weighted by atomic mass is 10.0. The van der Waals surface area contributed by atoms with Gasteiger partial charge in [0.2, 0.25) is 0 Å². The fourth-order valence-corrected chi connectivity index (χ4v) is 3.55. The topological polar surface area (TPSA) is 56.1 Å². The van der Waals surface area contributed by atoms with Crippen LogP contribution in [0.15, 0.2) is 109 Å². The summed E-state index contributed by atoms with van der Waals surface area (Å²) in [6.07, 6.45) is 1.56. The summed E-state index contributed by atoms with van der Waals surface area (Å²) < 4.78 is 33.9. The highest BCUT2D eigenvalue weighted by molar-refractivity contribution is 5.92. The second kappa shape index (κ2) is 9.61. The molecule has 0 aliphatic carbocycles. The second-order valence-corrected chi connectivity index (χ2v) is 7.72. The fourth-order valence-electron chi connectivity index (χ4n) is 3.55. The van der Waals surface area contributed by atoms with Gasteiger partial charge in [-0.1, -0.05) is 30.3 Å². The van der Waals surface area contributed by atoms with Gasteiger partial charge in [0.15, 0.2) is 0 Å². The van der Waals surface area contributed by atoms with Crippen molar-refractivity contribution in [3.63, 3.8) is 0 Å². The van der Waals surface area contributed by atoms with E-state index in [9.17, 15) is 13.6 Å². The second-order valence-electron chi connectivity index (χ2n) is 7.72. The van der Waals surface area contributed by atoms with Crippen LogP contribution in [0.1, 0.15) is 0 Å². The molecule has 1 aromatic heterocycles. The Kier molecular flexibility index (Phi) is 6.05. The van der Waals surface area contributed by atoms with E-state index >= 15 is 0 Å². The minimum absolute atomic E-state index is 0.373. The maximum atomic E-state index is 13.5. The Bertz CT molecular complexity index is 1380. The Labute approximate surface area is 200 Å². The average molecular weight is 467 g/mol. The maximum Gasteiger partial charge on any atom is 0.346 e. The number of halogens is 2. The van der Waals surface area contributed by atoms with Crippen LogP contribution in [0.25, 0.3) is 22.4 Å². The Hall–Kier alpha value is -4.78. The van der Waals surface area contributed by atoms with E-state index in [1.807, 2.05) is 30.3 Å². The van der Waals surface area contributed by atoms with Crippen LogP contribution < -0.4 is 10.1 Å². The monoisotopic (exact) mass is 467 g/mol. The Morgan fingerprint density at radius 2 is 1.29 bits per heavy atom. The van der Waals surface area contributed by atoms with Crippen molar-refractivity contribution in [3.05, 3.63) is 121 Å². The summed E-state index contributed by atoms with van der Waals surface area (Å²) >= 11 is 0. The maximum absolute atomic E-state index is 13.5. The number of anilines is 1. The predicted molar refractivity (Wildman–Crippen MR) is 130 cm³/mol. The van der Waals surface area contributed by atoms with Crippen molar-refractivity contribution in [1.29, 1.82) is 0 Å². The first-order valence-electron chi connectivity index (χ1n) is 10.8. The molecule has 172 valence electrons. The zero-order chi connectivity index (χ0) is 24.2. The minimum Gasteiger partial charge on any atom is -0.457 e. The molecule has 4 aromatic carbocycles. The van der Waals surface area contributed by atoms with Crippen molar-refractivity contribution in [3.8, 4) is 33.9 Å². The first-order chi connectivity index (χ1) is 17.0. The highest BCUT2D eigenvalue weighted by Gasteiger charge is 2.17. The van der Waals surface area contributed by atoms with Crippen molar-refractivity contribution >= 4 is 11.7 Å². The highest BCUT2D eigenvalue weighted by atomic mass is 19.1. The van der Waals surface area contributed by atoms with Gasteiger partial charge in [-0.3, -0.25) is 0 Å². The lowest BCUT2D eigenvalue weighted by Crippen LogP contribution is -2.19. The Morgan fingerprint density at radius 3 is 1.91 bits per heavy atom. The van der Waals surface area contributed by atoms with E-state index in [0.717, 1.165) is 0 Å². The van der Waals surface area contributed by atoms with E-state index in [4.69, 9.17) is 4.74 Å². The van der Waals surface area contributed by atoms with Crippen LogP contribution in [0.4, 0.5) is 19.3 Å². The molecule has 0 unspecified atom stereocenters. The SMILES string of the molecule is O=C(Nc1ccc(Oc2ccccc2)cc1)n1cc(-c2ccc(F)cc2)c(-c2ccc(F)cc2)n1. The standard InChI is InChI=1S/C28H19F2N3O2/c29-21-10-6-19(7-11-21)26-18-33(32-27(26)20-8-12-22(30)13-9-20)28(34)31-23-14-16-25(17-15-23)35-24-4-2-1-3-5-24/h1-18H,(H,31,34). The van der Waals surface area contributed by atoms with Gasteiger partial charge < -0.3 is 10.1 Å². The van der Waals surface area contributed by atoms with Crippen LogP contribution in [0.3, 0.4) is 0 Å². The lowest BCUT2D eigenvalue weighted by molar-refractivity contribution is 0.251. The summed E-state index contributed by atoms with van der Waals surface area (Å²) in [5.74, 6) is 0.587. The molecular formula is C28H19F2N3O2. The molecule has 35 heavy (non-hydrogen) atoms. The van der Waals surface area contributed by atoms with E-state index in [1.54, 1.807) is 54.7 Å². The summed E-state index contributed by atoms with van der Waals surface area (Å²) in [5, 5.41) is 7.24. The smallest absolute Gasteiger partial charge is 0.346 e. The Balaban J connectivity index is 1.40. The van der Waals surface area contributed by atoms with Crippen LogP contribution in [0.5, 0.6) is 11.5 Å². The molecule has 0 aliphatic rings. The quantitative estimate of drug-likeness (QED) is 0.294. The lowest BCUT2D eigenvalue weighted by Gasteiger charge is -2.08. The van der Waals surface area contributed by atoms with Gasteiger partial charge in [0.1, 0.15) is 28.8 Å². The Morgan fingerprint density at radius 1 is 0.714 bits per heavy atom. The zero-order valence-corrected chi connectivity index (χ0v) is 18.4. The van der Waals surface area contributed by atoms with Gasteiger partial charge in [0.25, 0.3) is 0 Å². The van der Waals surface area contributed by atoms with Crippen molar-refractivity contribution < 1.29 is 18.3 Å². The van der Waals surface area contributed by atoms with Crippen molar-refractivity contribution in [2.45, 2.75) is 0 Å². The third-order valence-electron chi connectivity index (χ3n) is 5.28. The molecule has 5 nitrogen and oxygen atoms in total. The normalized spacial score (nSPS) is 10.7. The minimum atomic E-state index is -0.488. The molecule has 1 heterocycles. The molecule has 1 amide bonds. The molecular weight excluding hydrogens is 448 g/mol. The number of ether oxygens (including phenoxy) is 1. The summed E-state index contributed by atoms with van der Waals surface area (Å²) in [5.41, 5.74) is 2.93. The van der Waals surface area contributed by atoms with E-state index in [0.29, 0.717) is 39.6 Å². The molecule has 0 saturated heterocycles. The van der Waals surface area contributed by atoms with Gasteiger partial charge in [0, 0.05) is 23.0 Å². The molecule has 0 saturated carbocycles. The third kappa shape index (κ3) is 5.09. The van der Waals surface area contributed by atoms with Gasteiger partial charge in [-0.15, -0.1) is 0 Å². The molecule has 0 fully saturated rings. The number of carbonyl (C=O) groups excluding carboxylic acids is 1. The molecule has 0 bridgehead atoms. The van der Waals surface area contributed by atoms with Crippen LogP contribution in [0.2, 0.25) is 0 Å². The molecule has 0 radical (unpaired) electrons. The number of rotatable bonds is 5. The van der Waals surface area contributed by atoms with Crippen LogP contribution >= 0.6 is 0 Å². The number of benzene rings is 4. The molecule has 7 heteroatoms. The van der Waals surface area contributed by atoms with Crippen LogP contribution in [-0.4, -0.2) is 15.8 Å². The number of nitrogens with zero attached hydrogens (tertiary/aromatic N) is 2. The first kappa shape index (κ1) is 22.0. The summed E-state index contributed by atoms with van der Waals surface area (Å²) in [4.78, 5) is 13.0. The first-order valence-corrected chi connectivity index (χ1v) is 10.8. The highest BCUT2D eigenvalue weighted by Crippen LogP contribution is 2.31. The number of hydrogen-bond donors (Lipinski definition) is 1. The van der Waals surface area contributed by atoms with Gasteiger partial charge >= 0.3 is 6.03 Å². The fraction of sp³-hybridized carbons (Fsp3) is 0. The number of hydrogen-bond acceptors (Lipinski definition) is 3. The molecule has 0 aliphatic heterocycles. The largest absolute Gasteiger partial charge is 0.457 e. The van der Waals surface area contributed by atoms with Crippen molar-refractivity contribution in [2.24, 2.45) is 0 Å². The van der Waals surface area contributed by atoms with Crippen LogP contribution in [-0.2, 0) is 0 Å². The summed E-state index contributed by atoms with van der Waals surface area (Å²) in [6.45, 7) is 0. The van der Waals surface area contributed by atoms with Crippen molar-refractivity contribution in [2.75, 3.05) is 5.32 Å². The molecule has 5 rings (SSSR count). The van der Waals surface area contributed by atoms with Gasteiger partial charge in [0.05, 0.1) is 0 Å². The molecule has 0 atom stereocenters. The third-order valence-corrected chi connectivity index (χ3v) is 5.28. The summed E-state index contributed by atoms with van der Waals surface area (Å²) in [6, 6.07) is 27.5. The number of amides is 1. The van der Waals surface area contributed by atoms with E-state index in [2.05, 4.69) is 10.4 Å². The van der Waals surface area contributed by atoms with Gasteiger partial charge in [-0.05, 0) is 78.4 Å². The summed E-state index contributed by atoms with van der Waals surface area (Å²) in [7, 11) is 0. The predicted octanol–water partition coefficient (Wildman–Crippen LogP) is 7.37. The molecule has 1 N–H and O–H groups in total. The number of carbonyl (C=O) groups is 1. The number of para-hydroxylation sites is 1. The molecule has 5 aromatic rings. The van der Waals surface area contributed by atoms with Crippen molar-refractivity contribution in [1.82, 2.24) is 9.78 Å². The van der Waals surface area contributed by atoms with Gasteiger partial charge in [-0.25, -0.2) is 13.6 Å².